The summed E-state index contributed by atoms with van der Waals surface area (Å²) in [5.74, 6) is 0.481. The molecule has 0 saturated heterocycles. The van der Waals surface area contributed by atoms with E-state index in [-0.39, 0.29) is 24.8 Å². The maximum Gasteiger partial charge on any atom is 0.242 e. The molecule has 30 heavy (non-hydrogen) atoms. The number of ether oxygens (including phenoxy) is 1. The molecule has 0 radical (unpaired) electrons. The molecule has 0 saturated carbocycles. The van der Waals surface area contributed by atoms with E-state index in [0.29, 0.717) is 13.2 Å². The molecule has 156 valence electrons. The Morgan fingerprint density at radius 3 is 2.47 bits per heavy atom. The van der Waals surface area contributed by atoms with Gasteiger partial charge in [0.25, 0.3) is 0 Å². The van der Waals surface area contributed by atoms with E-state index in [1.807, 2.05) is 66.7 Å². The standard InChI is InChI=1S/C25H28N2O3/c1-3-15-30-23-14-13-20-11-7-8-12-21(20)22(23)18-27(2)25(29)17-26-24(28)16-19-9-5-4-6-10-19/h4-14H,3,15-18H2,1-2H3,(H,26,28). The number of hydrogen-bond acceptors (Lipinski definition) is 3. The highest BCUT2D eigenvalue weighted by molar-refractivity contribution is 5.89. The second kappa shape index (κ2) is 10.4. The van der Waals surface area contributed by atoms with Gasteiger partial charge in [-0.15, -0.1) is 0 Å². The second-order valence-electron chi connectivity index (χ2n) is 7.30. The Bertz CT molecular complexity index is 1000. The van der Waals surface area contributed by atoms with Crippen LogP contribution in [0.4, 0.5) is 0 Å². The van der Waals surface area contributed by atoms with Crippen molar-refractivity contribution in [1.82, 2.24) is 10.2 Å². The SMILES string of the molecule is CCCOc1ccc2ccccc2c1CN(C)C(=O)CNC(=O)Cc1ccccc1. The average Bonchev–Trinajstić information content (AvgIpc) is 2.77. The van der Waals surface area contributed by atoms with Gasteiger partial charge >= 0.3 is 0 Å². The Kier molecular flexibility index (Phi) is 7.44. The minimum absolute atomic E-state index is 0.0297. The molecule has 0 fully saturated rings. The fourth-order valence-corrected chi connectivity index (χ4v) is 3.30. The number of benzene rings is 3. The van der Waals surface area contributed by atoms with Gasteiger partial charge in [-0.1, -0.05) is 67.6 Å². The summed E-state index contributed by atoms with van der Waals surface area (Å²) in [4.78, 5) is 26.4. The Hall–Kier alpha value is -3.34. The van der Waals surface area contributed by atoms with Gasteiger partial charge in [0.1, 0.15) is 5.75 Å². The Labute approximate surface area is 177 Å². The molecule has 0 aliphatic carbocycles. The summed E-state index contributed by atoms with van der Waals surface area (Å²) in [6.45, 7) is 3.07. The van der Waals surface area contributed by atoms with Crippen molar-refractivity contribution < 1.29 is 14.3 Å². The van der Waals surface area contributed by atoms with Gasteiger partial charge in [-0.3, -0.25) is 9.59 Å². The van der Waals surface area contributed by atoms with E-state index in [1.165, 1.54) is 0 Å². The van der Waals surface area contributed by atoms with Crippen LogP contribution in [0.2, 0.25) is 0 Å². The van der Waals surface area contributed by atoms with Gasteiger partial charge in [0.15, 0.2) is 0 Å². The predicted octanol–water partition coefficient (Wildman–Crippen LogP) is 3.95. The summed E-state index contributed by atoms with van der Waals surface area (Å²) in [7, 11) is 1.75. The molecule has 0 heterocycles. The molecule has 0 aliphatic rings. The first kappa shape index (κ1) is 21.4. The van der Waals surface area contributed by atoms with Crippen LogP contribution in [-0.4, -0.2) is 36.9 Å². The summed E-state index contributed by atoms with van der Waals surface area (Å²) in [6.07, 6.45) is 1.17. The zero-order chi connectivity index (χ0) is 21.3. The largest absolute Gasteiger partial charge is 0.493 e. The van der Waals surface area contributed by atoms with E-state index in [0.717, 1.165) is 34.1 Å². The first-order chi connectivity index (χ1) is 14.6. The number of fused-ring (bicyclic) bond motifs is 1. The van der Waals surface area contributed by atoms with Crippen molar-refractivity contribution in [3.8, 4) is 5.75 Å². The van der Waals surface area contributed by atoms with Crippen LogP contribution in [0.15, 0.2) is 66.7 Å². The van der Waals surface area contributed by atoms with E-state index < -0.39 is 0 Å². The monoisotopic (exact) mass is 404 g/mol. The topological polar surface area (TPSA) is 58.6 Å². The quantitative estimate of drug-likeness (QED) is 0.588. The van der Waals surface area contributed by atoms with Gasteiger partial charge in [0.05, 0.1) is 19.6 Å². The molecule has 0 bridgehead atoms. The van der Waals surface area contributed by atoms with Crippen LogP contribution in [0.3, 0.4) is 0 Å². The fraction of sp³-hybridized carbons (Fsp3) is 0.280. The normalized spacial score (nSPS) is 10.6. The number of nitrogens with zero attached hydrogens (tertiary/aromatic N) is 1. The molecule has 0 aliphatic heterocycles. The molecule has 3 rings (SSSR count). The number of rotatable bonds is 9. The summed E-state index contributed by atoms with van der Waals surface area (Å²) in [5.41, 5.74) is 1.90. The number of likely N-dealkylation sites (N-methyl/N-ethyl adjacent to an activating group) is 1. The van der Waals surface area contributed by atoms with Gasteiger partial charge in [0, 0.05) is 19.2 Å². The smallest absolute Gasteiger partial charge is 0.242 e. The number of carbonyl (C=O) groups is 2. The summed E-state index contributed by atoms with van der Waals surface area (Å²) >= 11 is 0. The lowest BCUT2D eigenvalue weighted by Gasteiger charge is -2.21. The lowest BCUT2D eigenvalue weighted by atomic mass is 10.0. The minimum atomic E-state index is -0.167. The number of nitrogens with one attached hydrogen (secondary N) is 1. The van der Waals surface area contributed by atoms with Crippen LogP contribution >= 0.6 is 0 Å². The molecular weight excluding hydrogens is 376 g/mol. The Balaban J connectivity index is 1.65. The van der Waals surface area contributed by atoms with Crippen molar-refractivity contribution in [3.63, 3.8) is 0 Å². The van der Waals surface area contributed by atoms with Crippen molar-refractivity contribution in [2.45, 2.75) is 26.3 Å². The van der Waals surface area contributed by atoms with Crippen molar-refractivity contribution in [3.05, 3.63) is 77.9 Å². The third-order valence-corrected chi connectivity index (χ3v) is 4.92. The van der Waals surface area contributed by atoms with Crippen molar-refractivity contribution in [1.29, 1.82) is 0 Å². The molecule has 0 spiro atoms. The molecule has 3 aromatic carbocycles. The van der Waals surface area contributed by atoms with Gasteiger partial charge in [-0.05, 0) is 28.8 Å². The number of amides is 2. The zero-order valence-corrected chi connectivity index (χ0v) is 17.6. The lowest BCUT2D eigenvalue weighted by molar-refractivity contribution is -0.132. The van der Waals surface area contributed by atoms with Gasteiger partial charge in [-0.25, -0.2) is 0 Å². The predicted molar refractivity (Wildman–Crippen MR) is 119 cm³/mol. The van der Waals surface area contributed by atoms with E-state index in [2.05, 4.69) is 12.2 Å². The Morgan fingerprint density at radius 2 is 1.70 bits per heavy atom. The number of carbonyl (C=O) groups excluding carboxylic acids is 2. The van der Waals surface area contributed by atoms with Crippen LogP contribution in [0.1, 0.15) is 24.5 Å². The third kappa shape index (κ3) is 5.60. The summed E-state index contributed by atoms with van der Waals surface area (Å²) in [6, 6.07) is 21.6. The average molecular weight is 405 g/mol. The van der Waals surface area contributed by atoms with Crippen molar-refractivity contribution >= 4 is 22.6 Å². The van der Waals surface area contributed by atoms with Gasteiger partial charge < -0.3 is 15.0 Å². The first-order valence-electron chi connectivity index (χ1n) is 10.3. The molecule has 5 nitrogen and oxygen atoms in total. The fourth-order valence-electron chi connectivity index (χ4n) is 3.30. The van der Waals surface area contributed by atoms with Crippen LogP contribution in [0.5, 0.6) is 5.75 Å². The van der Waals surface area contributed by atoms with Crippen LogP contribution < -0.4 is 10.1 Å². The summed E-state index contributed by atoms with van der Waals surface area (Å²) in [5, 5.41) is 4.90. The molecule has 0 aromatic heterocycles. The van der Waals surface area contributed by atoms with E-state index in [4.69, 9.17) is 4.74 Å². The molecule has 2 amide bonds. The highest BCUT2D eigenvalue weighted by Crippen LogP contribution is 2.29. The van der Waals surface area contributed by atoms with E-state index >= 15 is 0 Å². The third-order valence-electron chi connectivity index (χ3n) is 4.92. The molecule has 0 atom stereocenters. The number of hydrogen-bond donors (Lipinski definition) is 1. The minimum Gasteiger partial charge on any atom is -0.493 e. The molecule has 5 heteroatoms. The second-order valence-corrected chi connectivity index (χ2v) is 7.30. The molecule has 1 N–H and O–H groups in total. The van der Waals surface area contributed by atoms with Crippen LogP contribution in [-0.2, 0) is 22.6 Å². The van der Waals surface area contributed by atoms with Gasteiger partial charge in [-0.2, -0.15) is 0 Å². The van der Waals surface area contributed by atoms with Crippen molar-refractivity contribution in [2.75, 3.05) is 20.2 Å². The first-order valence-corrected chi connectivity index (χ1v) is 10.3. The van der Waals surface area contributed by atoms with E-state index in [9.17, 15) is 9.59 Å². The maximum atomic E-state index is 12.6. The highest BCUT2D eigenvalue weighted by Gasteiger charge is 2.16. The highest BCUT2D eigenvalue weighted by atomic mass is 16.5. The zero-order valence-electron chi connectivity index (χ0n) is 17.6. The van der Waals surface area contributed by atoms with Crippen LogP contribution in [0, 0.1) is 0 Å². The molecule has 3 aromatic rings. The maximum absolute atomic E-state index is 12.6. The van der Waals surface area contributed by atoms with Gasteiger partial charge in [0.2, 0.25) is 11.8 Å². The summed E-state index contributed by atoms with van der Waals surface area (Å²) < 4.78 is 5.93. The lowest BCUT2D eigenvalue weighted by Crippen LogP contribution is -2.38. The molecule has 0 unspecified atom stereocenters. The molecular formula is C25H28N2O3. The Morgan fingerprint density at radius 1 is 0.967 bits per heavy atom. The van der Waals surface area contributed by atoms with Crippen LogP contribution in [0.25, 0.3) is 10.8 Å². The van der Waals surface area contributed by atoms with Crippen molar-refractivity contribution in [2.24, 2.45) is 0 Å². The van der Waals surface area contributed by atoms with E-state index in [1.54, 1.807) is 11.9 Å².